The van der Waals surface area contributed by atoms with Gasteiger partial charge >= 0.3 is 5.97 Å². The zero-order valence-corrected chi connectivity index (χ0v) is 26.0. The van der Waals surface area contributed by atoms with Gasteiger partial charge in [-0.2, -0.15) is 0 Å². The predicted octanol–water partition coefficient (Wildman–Crippen LogP) is 6.90. The molecule has 7 heteroatoms. The number of carbonyl (C=O) groups is 1. The fraction of sp³-hybridized carbons (Fsp3) is 0.806. The van der Waals surface area contributed by atoms with E-state index in [-0.39, 0.29) is 5.97 Å². The summed E-state index contributed by atoms with van der Waals surface area (Å²) < 4.78 is 10.7. The Bertz CT molecular complexity index is 611. The first-order valence-electron chi connectivity index (χ1n) is 15.1. The third-order valence-corrected chi connectivity index (χ3v) is 6.69. The van der Waals surface area contributed by atoms with Gasteiger partial charge in [-0.3, -0.25) is 4.79 Å². The second-order valence-electron chi connectivity index (χ2n) is 10.3. The van der Waals surface area contributed by atoms with E-state index in [9.17, 15) is 4.79 Å². The molecule has 0 aliphatic heterocycles. The zero-order chi connectivity index (χ0) is 28.1. The van der Waals surface area contributed by atoms with Gasteiger partial charge in [0.05, 0.1) is 6.61 Å². The van der Waals surface area contributed by atoms with Crippen LogP contribution in [0.4, 0.5) is 0 Å². The molecule has 1 N–H and O–H groups in total. The minimum absolute atomic E-state index is 0.0778. The number of allylic oxidation sites excluding steroid dienone is 4. The van der Waals surface area contributed by atoms with Crippen molar-refractivity contribution in [3.63, 3.8) is 0 Å². The summed E-state index contributed by atoms with van der Waals surface area (Å²) in [6.07, 6.45) is 25.5. The molecule has 0 saturated carbocycles. The Balaban J connectivity index is 3.80. The molecule has 0 saturated heterocycles. The Morgan fingerprint density at radius 3 is 2.08 bits per heavy atom. The highest BCUT2D eigenvalue weighted by Gasteiger charge is 2.10. The average Bonchev–Trinajstić information content (AvgIpc) is 2.90. The van der Waals surface area contributed by atoms with Crippen molar-refractivity contribution in [3.05, 3.63) is 24.3 Å². The van der Waals surface area contributed by atoms with Crippen LogP contribution in [0.2, 0.25) is 0 Å². The third-order valence-electron chi connectivity index (χ3n) is 6.29. The number of ether oxygens (including phenoxy) is 2. The summed E-state index contributed by atoms with van der Waals surface area (Å²) in [7, 11) is 5.87. The summed E-state index contributed by atoms with van der Waals surface area (Å²) in [5, 5.41) is 4.14. The highest BCUT2D eigenvalue weighted by Crippen LogP contribution is 2.09. The van der Waals surface area contributed by atoms with Gasteiger partial charge in [0.25, 0.3) is 0 Å². The Kier molecular flexibility index (Phi) is 27.5. The first-order chi connectivity index (χ1) is 18.5. The maximum Gasteiger partial charge on any atom is 0.305 e. The number of hydrogen-bond donors (Lipinski definition) is 1. The van der Waals surface area contributed by atoms with Crippen LogP contribution in [0.5, 0.6) is 0 Å². The molecule has 0 aliphatic carbocycles. The molecule has 0 spiro atoms. The van der Waals surface area contributed by atoms with Crippen molar-refractivity contribution in [2.24, 2.45) is 0 Å². The van der Waals surface area contributed by atoms with Crippen LogP contribution in [0.25, 0.3) is 0 Å². The predicted molar refractivity (Wildman–Crippen MR) is 167 cm³/mol. The maximum atomic E-state index is 12.1. The number of rotatable bonds is 26. The summed E-state index contributed by atoms with van der Waals surface area (Å²) in [6.45, 7) is 6.91. The second-order valence-corrected chi connectivity index (χ2v) is 10.7. The van der Waals surface area contributed by atoms with Gasteiger partial charge < -0.3 is 24.6 Å². The molecule has 0 amide bonds. The van der Waals surface area contributed by atoms with Gasteiger partial charge in [-0.25, -0.2) is 0 Å². The minimum atomic E-state index is -0.0778. The van der Waals surface area contributed by atoms with Gasteiger partial charge in [0.1, 0.15) is 0 Å². The quantitative estimate of drug-likeness (QED) is 0.0541. The monoisotopic (exact) mass is 553 g/mol. The summed E-state index contributed by atoms with van der Waals surface area (Å²) in [4.78, 5) is 16.4. The van der Waals surface area contributed by atoms with Gasteiger partial charge in [0, 0.05) is 39.8 Å². The Hall–Kier alpha value is -1.44. The van der Waals surface area contributed by atoms with Crippen LogP contribution in [0.3, 0.4) is 0 Å². The number of unbranched alkanes of at least 4 members (excludes halogenated alkanes) is 8. The molecule has 6 nitrogen and oxygen atoms in total. The SMILES string of the molecule is CCCCC/C=C\C/C=C\CCCCCCCC(=O)OCCCN(CCCOC)C(=S)NCCCN(C)C. The van der Waals surface area contributed by atoms with Crippen LogP contribution in [0.1, 0.15) is 103 Å². The van der Waals surface area contributed by atoms with E-state index in [2.05, 4.69) is 60.4 Å². The summed E-state index contributed by atoms with van der Waals surface area (Å²) in [6, 6.07) is 0. The standard InChI is InChI=1S/C31H59N3O3S/c1-5-6-7-8-9-10-11-12-13-14-15-16-17-18-19-23-30(35)37-29-22-27-34(26-21-28-36-4)31(38)32-24-20-25-33(2)3/h9-10,12-13H,5-8,11,14-29H2,1-4H3,(H,32,38)/b10-9-,13-12-. The number of hydrogen-bond acceptors (Lipinski definition) is 5. The fourth-order valence-electron chi connectivity index (χ4n) is 4.01. The number of esters is 1. The van der Waals surface area contributed by atoms with Crippen molar-refractivity contribution in [2.75, 3.05) is 60.6 Å². The lowest BCUT2D eigenvalue weighted by molar-refractivity contribution is -0.143. The molecular formula is C31H59N3O3S. The van der Waals surface area contributed by atoms with Crippen LogP contribution in [0, 0.1) is 0 Å². The van der Waals surface area contributed by atoms with Gasteiger partial charge in [-0.1, -0.05) is 63.3 Å². The molecule has 0 aliphatic rings. The highest BCUT2D eigenvalue weighted by molar-refractivity contribution is 7.80. The van der Waals surface area contributed by atoms with E-state index >= 15 is 0 Å². The molecule has 222 valence electrons. The first kappa shape index (κ1) is 36.6. The van der Waals surface area contributed by atoms with Crippen LogP contribution < -0.4 is 5.32 Å². The number of carbonyl (C=O) groups excluding carboxylic acids is 1. The summed E-state index contributed by atoms with van der Waals surface area (Å²) in [5.41, 5.74) is 0. The van der Waals surface area contributed by atoms with E-state index in [1.165, 1.54) is 44.9 Å². The third kappa shape index (κ3) is 26.2. The van der Waals surface area contributed by atoms with Gasteiger partial charge in [-0.15, -0.1) is 0 Å². The largest absolute Gasteiger partial charge is 0.466 e. The summed E-state index contributed by atoms with van der Waals surface area (Å²) in [5.74, 6) is -0.0778. The number of methoxy groups -OCH3 is 1. The number of nitrogens with zero attached hydrogens (tertiary/aromatic N) is 2. The Morgan fingerprint density at radius 1 is 0.789 bits per heavy atom. The molecule has 0 fully saturated rings. The van der Waals surface area contributed by atoms with Crippen molar-refractivity contribution in [1.82, 2.24) is 15.1 Å². The molecule has 0 unspecified atom stereocenters. The fourth-order valence-corrected chi connectivity index (χ4v) is 4.30. The number of thiocarbonyl (C=S) groups is 1. The van der Waals surface area contributed by atoms with E-state index in [0.717, 1.165) is 76.2 Å². The van der Waals surface area contributed by atoms with Crippen LogP contribution >= 0.6 is 12.2 Å². The topological polar surface area (TPSA) is 54.0 Å². The molecule has 0 atom stereocenters. The van der Waals surface area contributed by atoms with Gasteiger partial charge in [0.15, 0.2) is 5.11 Å². The second kappa shape index (κ2) is 28.6. The molecule has 38 heavy (non-hydrogen) atoms. The van der Waals surface area contributed by atoms with Gasteiger partial charge in [0.2, 0.25) is 0 Å². The average molecular weight is 554 g/mol. The molecular weight excluding hydrogens is 494 g/mol. The summed E-state index contributed by atoms with van der Waals surface area (Å²) >= 11 is 5.60. The maximum absolute atomic E-state index is 12.1. The lowest BCUT2D eigenvalue weighted by Gasteiger charge is -2.26. The van der Waals surface area contributed by atoms with Gasteiger partial charge in [-0.05, 0) is 90.6 Å². The molecule has 0 heterocycles. The number of nitrogens with one attached hydrogen (secondary N) is 1. The van der Waals surface area contributed by atoms with E-state index < -0.39 is 0 Å². The molecule has 0 rings (SSSR count). The van der Waals surface area contributed by atoms with Crippen molar-refractivity contribution < 1.29 is 14.3 Å². The lowest BCUT2D eigenvalue weighted by atomic mass is 10.1. The normalized spacial score (nSPS) is 11.6. The molecule has 0 aromatic heterocycles. The van der Waals surface area contributed by atoms with Crippen molar-refractivity contribution >= 4 is 23.3 Å². The molecule has 0 aromatic carbocycles. The molecule has 0 aromatic rings. The molecule has 0 radical (unpaired) electrons. The van der Waals surface area contributed by atoms with E-state index in [1.54, 1.807) is 7.11 Å². The smallest absolute Gasteiger partial charge is 0.305 e. The lowest BCUT2D eigenvalue weighted by Crippen LogP contribution is -2.42. The van der Waals surface area contributed by atoms with E-state index in [1.807, 2.05) is 0 Å². The van der Waals surface area contributed by atoms with Crippen LogP contribution in [-0.4, -0.2) is 81.5 Å². The molecule has 0 bridgehead atoms. The van der Waals surface area contributed by atoms with E-state index in [0.29, 0.717) is 19.6 Å². The Morgan fingerprint density at radius 2 is 1.42 bits per heavy atom. The van der Waals surface area contributed by atoms with E-state index in [4.69, 9.17) is 21.7 Å². The first-order valence-corrected chi connectivity index (χ1v) is 15.5. The van der Waals surface area contributed by atoms with Crippen LogP contribution in [0.15, 0.2) is 24.3 Å². The van der Waals surface area contributed by atoms with Crippen molar-refractivity contribution in [2.45, 2.75) is 103 Å². The van der Waals surface area contributed by atoms with Crippen LogP contribution in [-0.2, 0) is 14.3 Å². The zero-order valence-electron chi connectivity index (χ0n) is 25.2. The highest BCUT2D eigenvalue weighted by atomic mass is 32.1. The Labute approximate surface area is 240 Å². The van der Waals surface area contributed by atoms with Crippen molar-refractivity contribution in [3.8, 4) is 0 Å². The minimum Gasteiger partial charge on any atom is -0.466 e. The van der Waals surface area contributed by atoms with Crippen molar-refractivity contribution in [1.29, 1.82) is 0 Å².